The first kappa shape index (κ1) is 22.1. The average Bonchev–Trinajstić information content (AvgIpc) is 2.68. The third-order valence-corrected chi connectivity index (χ3v) is 6.06. The summed E-state index contributed by atoms with van der Waals surface area (Å²) in [5.74, 6) is -0.634. The average molecular weight is 433 g/mol. The van der Waals surface area contributed by atoms with E-state index in [2.05, 4.69) is 15.3 Å². The number of fused-ring (bicyclic) bond motifs is 1. The van der Waals surface area contributed by atoms with Crippen LogP contribution in [-0.2, 0) is 6.18 Å². The largest absolute Gasteiger partial charge is 0.418 e. The predicted molar refractivity (Wildman–Crippen MR) is 114 cm³/mol. The van der Waals surface area contributed by atoms with Gasteiger partial charge in [0.1, 0.15) is 0 Å². The van der Waals surface area contributed by atoms with Crippen molar-refractivity contribution in [3.8, 4) is 0 Å². The smallest absolute Gasteiger partial charge is 0.321 e. The number of benzene rings is 2. The fraction of sp³-hybridized carbons (Fsp3) is 0.318. The summed E-state index contributed by atoms with van der Waals surface area (Å²) in [5.41, 5.74) is 1.73. The molecule has 0 saturated carbocycles. The molecule has 1 amide bonds. The highest BCUT2D eigenvalue weighted by Crippen LogP contribution is 2.38. The van der Waals surface area contributed by atoms with Crippen molar-refractivity contribution in [2.45, 2.75) is 50.4 Å². The second kappa shape index (κ2) is 8.63. The second-order valence-corrected chi connectivity index (χ2v) is 8.61. The van der Waals surface area contributed by atoms with E-state index in [-0.39, 0.29) is 16.5 Å². The molecule has 1 N–H and O–H groups in total. The number of nitrogens with zero attached hydrogens (tertiary/aromatic N) is 2. The number of carbonyl (C=O) groups is 1. The van der Waals surface area contributed by atoms with Crippen molar-refractivity contribution in [2.75, 3.05) is 5.32 Å². The Morgan fingerprint density at radius 3 is 2.37 bits per heavy atom. The molecular weight excluding hydrogens is 411 g/mol. The number of rotatable bonds is 5. The Balaban J connectivity index is 1.92. The van der Waals surface area contributed by atoms with Crippen LogP contribution < -0.4 is 5.32 Å². The number of halogens is 3. The highest BCUT2D eigenvalue weighted by molar-refractivity contribution is 7.99. The Bertz CT molecular complexity index is 1100. The zero-order valence-corrected chi connectivity index (χ0v) is 17.9. The molecule has 4 nitrogen and oxygen atoms in total. The lowest BCUT2D eigenvalue weighted by Gasteiger charge is -2.16. The molecule has 0 aliphatic heterocycles. The number of aromatic nitrogens is 2. The third kappa shape index (κ3) is 4.92. The molecule has 0 bridgehead atoms. The first-order valence-corrected chi connectivity index (χ1v) is 10.4. The third-order valence-electron chi connectivity index (χ3n) is 4.79. The first-order valence-electron chi connectivity index (χ1n) is 9.52. The molecule has 1 aromatic heterocycles. The molecule has 158 valence electrons. The number of nitrogens with one attached hydrogen (secondary N) is 1. The minimum absolute atomic E-state index is 0.192. The van der Waals surface area contributed by atoms with Gasteiger partial charge in [-0.25, -0.2) is 9.97 Å². The minimum Gasteiger partial charge on any atom is -0.321 e. The molecule has 1 atom stereocenters. The maximum atomic E-state index is 13.6. The molecule has 0 saturated heterocycles. The molecule has 3 aromatic rings. The van der Waals surface area contributed by atoms with Gasteiger partial charge in [0, 0.05) is 15.7 Å². The van der Waals surface area contributed by atoms with Gasteiger partial charge >= 0.3 is 6.18 Å². The van der Waals surface area contributed by atoms with E-state index in [1.807, 2.05) is 27.7 Å². The maximum Gasteiger partial charge on any atom is 0.418 e. The van der Waals surface area contributed by atoms with Crippen molar-refractivity contribution >= 4 is 34.4 Å². The van der Waals surface area contributed by atoms with Crippen molar-refractivity contribution in [1.82, 2.24) is 9.97 Å². The van der Waals surface area contributed by atoms with Crippen molar-refractivity contribution in [3.63, 3.8) is 0 Å². The summed E-state index contributed by atoms with van der Waals surface area (Å²) in [5, 5.41) is 2.59. The zero-order valence-electron chi connectivity index (χ0n) is 17.1. The molecule has 1 unspecified atom stereocenters. The van der Waals surface area contributed by atoms with Crippen LogP contribution in [0.15, 0.2) is 41.3 Å². The number of hydrogen-bond acceptors (Lipinski definition) is 4. The van der Waals surface area contributed by atoms with E-state index in [0.29, 0.717) is 15.9 Å². The number of anilines is 1. The summed E-state index contributed by atoms with van der Waals surface area (Å²) in [6, 6.07) is 8.69. The number of amides is 1. The van der Waals surface area contributed by atoms with E-state index in [9.17, 15) is 18.0 Å². The van der Waals surface area contributed by atoms with Crippen molar-refractivity contribution in [1.29, 1.82) is 0 Å². The minimum atomic E-state index is -4.59. The van der Waals surface area contributed by atoms with Crippen LogP contribution in [-0.4, -0.2) is 21.1 Å². The summed E-state index contributed by atoms with van der Waals surface area (Å²) in [4.78, 5) is 22.0. The van der Waals surface area contributed by atoms with E-state index in [4.69, 9.17) is 0 Å². The monoisotopic (exact) mass is 433 g/mol. The number of alkyl halides is 3. The fourth-order valence-corrected chi connectivity index (χ4v) is 3.79. The second-order valence-electron chi connectivity index (χ2n) is 7.09. The molecule has 8 heteroatoms. The highest BCUT2D eigenvalue weighted by atomic mass is 32.2. The van der Waals surface area contributed by atoms with E-state index in [1.54, 1.807) is 12.1 Å². The van der Waals surface area contributed by atoms with Crippen LogP contribution in [0.2, 0.25) is 0 Å². The van der Waals surface area contributed by atoms with Gasteiger partial charge in [0.05, 0.1) is 33.7 Å². The number of thioether (sulfide) groups is 1. The summed E-state index contributed by atoms with van der Waals surface area (Å²) < 4.78 is 40.8. The van der Waals surface area contributed by atoms with Gasteiger partial charge in [-0.3, -0.25) is 4.79 Å². The van der Waals surface area contributed by atoms with E-state index < -0.39 is 17.6 Å². The molecular formula is C22H22F3N3OS. The maximum absolute atomic E-state index is 13.6. The van der Waals surface area contributed by atoms with Crippen LogP contribution in [0.5, 0.6) is 0 Å². The molecule has 3 rings (SSSR count). The number of aryl methyl sites for hydroxylation is 2. The van der Waals surface area contributed by atoms with Crippen LogP contribution in [0.4, 0.5) is 18.9 Å². The van der Waals surface area contributed by atoms with E-state index >= 15 is 0 Å². The summed E-state index contributed by atoms with van der Waals surface area (Å²) in [6.07, 6.45) is -3.74. The Morgan fingerprint density at radius 2 is 1.73 bits per heavy atom. The van der Waals surface area contributed by atoms with Crippen molar-refractivity contribution in [2.24, 2.45) is 0 Å². The topological polar surface area (TPSA) is 54.9 Å². The van der Waals surface area contributed by atoms with E-state index in [0.717, 1.165) is 23.9 Å². The van der Waals surface area contributed by atoms with Crippen molar-refractivity contribution < 1.29 is 18.0 Å². The molecule has 0 aliphatic carbocycles. The molecule has 0 spiro atoms. The van der Waals surface area contributed by atoms with Crippen molar-refractivity contribution in [3.05, 3.63) is 58.9 Å². The lowest BCUT2D eigenvalue weighted by Crippen LogP contribution is -2.17. The first-order chi connectivity index (χ1) is 14.1. The van der Waals surface area contributed by atoms with Crippen LogP contribution in [0.1, 0.15) is 47.6 Å². The molecule has 0 radical (unpaired) electrons. The summed E-state index contributed by atoms with van der Waals surface area (Å²) in [7, 11) is 0. The number of hydrogen-bond donors (Lipinski definition) is 1. The Labute approximate surface area is 177 Å². The van der Waals surface area contributed by atoms with Crippen LogP contribution in [0.3, 0.4) is 0 Å². The summed E-state index contributed by atoms with van der Waals surface area (Å²) >= 11 is 1.37. The van der Waals surface area contributed by atoms with Gasteiger partial charge in [0.2, 0.25) is 0 Å². The normalized spacial score (nSPS) is 12.8. The SMILES string of the molecule is CCC(C)Sc1ccc(NC(=O)c2ccc3nc(C)c(C)nc3c2)c(C(F)(F)F)c1. The van der Waals surface area contributed by atoms with E-state index in [1.165, 1.54) is 30.0 Å². The van der Waals surface area contributed by atoms with Crippen LogP contribution >= 0.6 is 11.8 Å². The Kier molecular flexibility index (Phi) is 6.36. The van der Waals surface area contributed by atoms with Gasteiger partial charge in [-0.2, -0.15) is 13.2 Å². The summed E-state index contributed by atoms with van der Waals surface area (Å²) in [6.45, 7) is 7.58. The fourth-order valence-electron chi connectivity index (χ4n) is 2.82. The van der Waals surface area contributed by atoms with Gasteiger partial charge in [-0.1, -0.05) is 13.8 Å². The van der Waals surface area contributed by atoms with Gasteiger partial charge in [-0.15, -0.1) is 11.8 Å². The molecule has 2 aromatic carbocycles. The molecule has 0 fully saturated rings. The Hall–Kier alpha value is -2.61. The highest BCUT2D eigenvalue weighted by Gasteiger charge is 2.34. The lowest BCUT2D eigenvalue weighted by molar-refractivity contribution is -0.137. The quantitative estimate of drug-likeness (QED) is 0.473. The predicted octanol–water partition coefficient (Wildman–Crippen LogP) is 6.41. The van der Waals surface area contributed by atoms with Gasteiger partial charge in [-0.05, 0) is 56.7 Å². The molecule has 0 aliphatic rings. The molecule has 30 heavy (non-hydrogen) atoms. The van der Waals surface area contributed by atoms with Gasteiger partial charge < -0.3 is 5.32 Å². The number of carbonyl (C=O) groups excluding carboxylic acids is 1. The van der Waals surface area contributed by atoms with Crippen LogP contribution in [0, 0.1) is 13.8 Å². The van der Waals surface area contributed by atoms with Crippen LogP contribution in [0.25, 0.3) is 11.0 Å². The Morgan fingerprint density at radius 1 is 1.07 bits per heavy atom. The van der Waals surface area contributed by atoms with Gasteiger partial charge in [0.15, 0.2) is 0 Å². The lowest BCUT2D eigenvalue weighted by atomic mass is 10.1. The standard InChI is InChI=1S/C22H22F3N3OS/c1-5-12(2)30-16-7-9-18(17(11-16)22(23,24)25)28-21(29)15-6-8-19-20(10-15)27-14(4)13(3)26-19/h6-12H,5H2,1-4H3,(H,28,29). The van der Waals surface area contributed by atoms with Gasteiger partial charge in [0.25, 0.3) is 5.91 Å². The molecule has 1 heterocycles. The zero-order chi connectivity index (χ0) is 22.1.